The van der Waals surface area contributed by atoms with Gasteiger partial charge in [0, 0.05) is 17.8 Å². The van der Waals surface area contributed by atoms with Crippen molar-refractivity contribution >= 4 is 12.1 Å². The maximum Gasteiger partial charge on any atom is 0.305 e. The first-order chi connectivity index (χ1) is 9.24. The van der Waals surface area contributed by atoms with E-state index in [4.69, 9.17) is 0 Å². The molecule has 0 saturated heterocycles. The zero-order valence-electron chi connectivity index (χ0n) is 11.0. The first kappa shape index (κ1) is 15.8. The zero-order valence-corrected chi connectivity index (χ0v) is 11.8. The number of halogens is 1. The number of nitrogens with one attached hydrogen (secondary N) is 1. The van der Waals surface area contributed by atoms with Crippen LogP contribution >= 0.6 is 0 Å². The molecule has 0 bridgehead atoms. The van der Waals surface area contributed by atoms with Gasteiger partial charge in [-0.2, -0.15) is 9.67 Å². The Labute approximate surface area is 123 Å². The van der Waals surface area contributed by atoms with Gasteiger partial charge in [-0.15, -0.1) is 0 Å². The highest BCUT2D eigenvalue weighted by Gasteiger charge is 2.06. The summed E-state index contributed by atoms with van der Waals surface area (Å²) in [5.74, 6) is -0.180. The van der Waals surface area contributed by atoms with Gasteiger partial charge in [-0.1, -0.05) is 12.1 Å². The fourth-order valence-electron chi connectivity index (χ4n) is 1.55. The highest BCUT2D eigenvalue weighted by atomic mass is 35.5. The second kappa shape index (κ2) is 8.01. The number of nitrogens with zero attached hydrogens (tertiary/aromatic N) is 3. The number of hydrogen-bond donors (Lipinski definition) is 1. The van der Waals surface area contributed by atoms with Crippen molar-refractivity contribution in [3.8, 4) is 0 Å². The van der Waals surface area contributed by atoms with Gasteiger partial charge in [0.05, 0.1) is 11.9 Å². The standard InChI is InChI=1S/C14H14N4O.ClH/c1-12-6-5-7-13(16-12)10-15-17-14(19)11-18-8-3-2-4-9-18;/h2-10H,11H2,1H3;1H. The van der Waals surface area contributed by atoms with Crippen molar-refractivity contribution < 1.29 is 21.8 Å². The molecule has 0 unspecified atom stereocenters. The maximum atomic E-state index is 11.6. The average molecular weight is 291 g/mol. The van der Waals surface area contributed by atoms with Gasteiger partial charge in [0.2, 0.25) is 6.54 Å². The maximum absolute atomic E-state index is 11.6. The normalized spacial score (nSPS) is 10.1. The first-order valence-corrected chi connectivity index (χ1v) is 5.94. The van der Waals surface area contributed by atoms with E-state index in [1.165, 1.54) is 6.21 Å². The number of hydrazone groups is 1. The van der Waals surface area contributed by atoms with Crippen molar-refractivity contribution in [2.24, 2.45) is 5.10 Å². The molecule has 6 heteroatoms. The summed E-state index contributed by atoms with van der Waals surface area (Å²) in [5, 5.41) is 3.88. The predicted octanol–water partition coefficient (Wildman–Crippen LogP) is -2.17. The van der Waals surface area contributed by atoms with E-state index in [-0.39, 0.29) is 24.9 Å². The molecule has 0 fully saturated rings. The molecule has 0 aliphatic heterocycles. The molecule has 2 heterocycles. The molecule has 20 heavy (non-hydrogen) atoms. The smallest absolute Gasteiger partial charge is 0.305 e. The van der Waals surface area contributed by atoms with Crippen LogP contribution in [0.15, 0.2) is 53.9 Å². The van der Waals surface area contributed by atoms with Crippen LogP contribution < -0.4 is 22.4 Å². The minimum Gasteiger partial charge on any atom is -1.00 e. The summed E-state index contributed by atoms with van der Waals surface area (Å²) >= 11 is 0. The Morgan fingerprint density at radius 2 is 2.05 bits per heavy atom. The van der Waals surface area contributed by atoms with Crippen LogP contribution in [0.4, 0.5) is 0 Å². The Balaban J connectivity index is 0.00000200. The number of aromatic nitrogens is 2. The van der Waals surface area contributed by atoms with E-state index in [2.05, 4.69) is 15.5 Å². The van der Waals surface area contributed by atoms with Crippen molar-refractivity contribution in [3.05, 3.63) is 60.2 Å². The molecule has 0 radical (unpaired) electrons. The molecule has 1 amide bonds. The van der Waals surface area contributed by atoms with Gasteiger partial charge in [0.15, 0.2) is 12.4 Å². The lowest BCUT2D eigenvalue weighted by atomic mass is 10.3. The molecule has 5 nitrogen and oxygen atoms in total. The van der Waals surface area contributed by atoms with Crippen molar-refractivity contribution in [1.82, 2.24) is 10.4 Å². The summed E-state index contributed by atoms with van der Waals surface area (Å²) < 4.78 is 1.77. The van der Waals surface area contributed by atoms with Crippen LogP contribution in [-0.2, 0) is 11.3 Å². The molecule has 2 aromatic rings. The van der Waals surface area contributed by atoms with Crippen LogP contribution in [0.1, 0.15) is 11.4 Å². The summed E-state index contributed by atoms with van der Waals surface area (Å²) in [6.45, 7) is 2.14. The van der Waals surface area contributed by atoms with Gasteiger partial charge in [-0.25, -0.2) is 5.43 Å². The van der Waals surface area contributed by atoms with Crippen LogP contribution in [0, 0.1) is 6.92 Å². The fraction of sp³-hybridized carbons (Fsp3) is 0.143. The van der Waals surface area contributed by atoms with E-state index in [9.17, 15) is 4.79 Å². The zero-order chi connectivity index (χ0) is 13.5. The summed E-state index contributed by atoms with van der Waals surface area (Å²) in [6, 6.07) is 11.3. The first-order valence-electron chi connectivity index (χ1n) is 5.94. The van der Waals surface area contributed by atoms with Crippen molar-refractivity contribution in [2.75, 3.05) is 0 Å². The number of hydrogen-bond acceptors (Lipinski definition) is 3. The third kappa shape index (κ3) is 5.16. The molecule has 1 N–H and O–H groups in total. The van der Waals surface area contributed by atoms with Crippen LogP contribution in [0.5, 0.6) is 0 Å². The molecule has 2 rings (SSSR count). The Hall–Kier alpha value is -2.27. The molecule has 2 aromatic heterocycles. The molecule has 0 atom stereocenters. The number of amides is 1. The highest BCUT2D eigenvalue weighted by Crippen LogP contribution is 1.94. The second-order valence-electron chi connectivity index (χ2n) is 4.04. The SMILES string of the molecule is Cc1cccc(/C=N/NC(=O)C[n+]2ccccc2)n1.[Cl-]. The highest BCUT2D eigenvalue weighted by molar-refractivity contribution is 5.80. The molecule has 0 aliphatic rings. The predicted molar refractivity (Wildman–Crippen MR) is 71.3 cm³/mol. The van der Waals surface area contributed by atoms with Crippen molar-refractivity contribution in [2.45, 2.75) is 13.5 Å². The minimum absolute atomic E-state index is 0. The summed E-state index contributed by atoms with van der Waals surface area (Å²) in [4.78, 5) is 15.9. The Morgan fingerprint density at radius 1 is 1.30 bits per heavy atom. The summed E-state index contributed by atoms with van der Waals surface area (Å²) in [6.07, 6.45) is 5.18. The van der Waals surface area contributed by atoms with Gasteiger partial charge in [-0.05, 0) is 19.1 Å². The number of carbonyl (C=O) groups is 1. The molecule has 0 spiro atoms. The molecule has 0 aliphatic carbocycles. The fourth-order valence-corrected chi connectivity index (χ4v) is 1.55. The largest absolute Gasteiger partial charge is 1.00 e. The summed E-state index contributed by atoms with van der Waals surface area (Å²) in [5.41, 5.74) is 4.10. The van der Waals surface area contributed by atoms with E-state index in [0.29, 0.717) is 5.69 Å². The van der Waals surface area contributed by atoms with Gasteiger partial charge in [0.25, 0.3) is 0 Å². The molecule has 104 valence electrons. The van der Waals surface area contributed by atoms with Gasteiger partial charge in [-0.3, -0.25) is 9.78 Å². The van der Waals surface area contributed by atoms with Gasteiger partial charge in [0.1, 0.15) is 0 Å². The van der Waals surface area contributed by atoms with E-state index in [1.807, 2.05) is 55.7 Å². The van der Waals surface area contributed by atoms with Crippen LogP contribution in [-0.4, -0.2) is 17.1 Å². The third-order valence-corrected chi connectivity index (χ3v) is 2.40. The Kier molecular flexibility index (Phi) is 6.32. The number of rotatable bonds is 4. The van der Waals surface area contributed by atoms with Crippen LogP contribution in [0.25, 0.3) is 0 Å². The molecule has 0 aromatic carbocycles. The lowest BCUT2D eigenvalue weighted by molar-refractivity contribution is -0.684. The molecule has 0 saturated carbocycles. The van der Waals surface area contributed by atoms with Gasteiger partial charge >= 0.3 is 5.91 Å². The quantitative estimate of drug-likeness (QED) is 0.396. The summed E-state index contributed by atoms with van der Waals surface area (Å²) in [7, 11) is 0. The van der Waals surface area contributed by atoms with Gasteiger partial charge < -0.3 is 12.4 Å². The number of aryl methyl sites for hydroxylation is 1. The van der Waals surface area contributed by atoms with E-state index < -0.39 is 0 Å². The van der Waals surface area contributed by atoms with Crippen LogP contribution in [0.3, 0.4) is 0 Å². The third-order valence-electron chi connectivity index (χ3n) is 2.40. The van der Waals surface area contributed by atoms with E-state index >= 15 is 0 Å². The lowest BCUT2D eigenvalue weighted by Gasteiger charge is -1.97. The van der Waals surface area contributed by atoms with E-state index in [1.54, 1.807) is 4.57 Å². The Morgan fingerprint density at radius 3 is 2.75 bits per heavy atom. The minimum atomic E-state index is -0.180. The Bertz CT molecular complexity index is 587. The topological polar surface area (TPSA) is 58.2 Å². The number of carbonyl (C=O) groups excluding carboxylic acids is 1. The van der Waals surface area contributed by atoms with Crippen molar-refractivity contribution in [1.29, 1.82) is 0 Å². The average Bonchev–Trinajstić information content (AvgIpc) is 2.40. The lowest BCUT2D eigenvalue weighted by Crippen LogP contribution is -3.00. The molecular formula is C14H15ClN4O. The van der Waals surface area contributed by atoms with E-state index in [0.717, 1.165) is 5.69 Å². The second-order valence-corrected chi connectivity index (χ2v) is 4.04. The van der Waals surface area contributed by atoms with Crippen molar-refractivity contribution in [3.63, 3.8) is 0 Å². The van der Waals surface area contributed by atoms with Crippen LogP contribution in [0.2, 0.25) is 0 Å². The monoisotopic (exact) mass is 290 g/mol. The molecular weight excluding hydrogens is 276 g/mol. The number of pyridine rings is 2.